The summed E-state index contributed by atoms with van der Waals surface area (Å²) in [5.41, 5.74) is 2.02. The second-order valence-electron chi connectivity index (χ2n) is 6.75. The predicted molar refractivity (Wildman–Crippen MR) is 93.5 cm³/mol. The van der Waals surface area contributed by atoms with E-state index in [9.17, 15) is 13.2 Å². The van der Waals surface area contributed by atoms with Crippen molar-refractivity contribution in [3.63, 3.8) is 0 Å². The maximum atomic E-state index is 12.2. The van der Waals surface area contributed by atoms with Crippen LogP contribution in [0.4, 0.5) is 16.2 Å². The molecular weight excluding hydrogens is 314 g/mol. The van der Waals surface area contributed by atoms with E-state index in [0.717, 1.165) is 24.1 Å². The highest BCUT2D eigenvalue weighted by molar-refractivity contribution is 7.92. The van der Waals surface area contributed by atoms with Crippen LogP contribution in [0, 0.1) is 0 Å². The summed E-state index contributed by atoms with van der Waals surface area (Å²) < 4.78 is 25.8. The number of nitrogens with zero attached hydrogens (tertiary/aromatic N) is 1. The highest BCUT2D eigenvalue weighted by Gasteiger charge is 2.26. The van der Waals surface area contributed by atoms with Crippen molar-refractivity contribution in [2.45, 2.75) is 46.1 Å². The van der Waals surface area contributed by atoms with Crippen LogP contribution in [0.5, 0.6) is 0 Å². The number of urea groups is 1. The molecule has 0 saturated heterocycles. The molecule has 1 aromatic rings. The number of anilines is 2. The molecule has 128 valence electrons. The number of nitrogens with one attached hydrogen (secondary N) is 2. The Morgan fingerprint density at radius 3 is 2.61 bits per heavy atom. The summed E-state index contributed by atoms with van der Waals surface area (Å²) in [6.45, 7) is 7.89. The first kappa shape index (κ1) is 17.6. The van der Waals surface area contributed by atoms with E-state index in [1.165, 1.54) is 4.31 Å². The van der Waals surface area contributed by atoms with Crippen molar-refractivity contribution in [2.24, 2.45) is 0 Å². The number of sulfonamides is 1. The molecule has 2 rings (SSSR count). The van der Waals surface area contributed by atoms with Gasteiger partial charge in [-0.25, -0.2) is 13.2 Å². The Kier molecular flexibility index (Phi) is 4.89. The van der Waals surface area contributed by atoms with E-state index in [2.05, 4.69) is 10.6 Å². The molecule has 0 atom stereocenters. The van der Waals surface area contributed by atoms with Crippen molar-refractivity contribution in [1.29, 1.82) is 0 Å². The van der Waals surface area contributed by atoms with Crippen molar-refractivity contribution in [2.75, 3.05) is 21.9 Å². The van der Waals surface area contributed by atoms with E-state index in [1.807, 2.05) is 26.8 Å². The van der Waals surface area contributed by atoms with E-state index >= 15 is 0 Å². The smallest absolute Gasteiger partial charge is 0.319 e. The SMILES string of the molecule is CCS(=O)(=O)N1CCCc2cc(NC(=O)NC(C)(C)C)ccc21. The van der Waals surface area contributed by atoms with Gasteiger partial charge in [0.05, 0.1) is 11.4 Å². The van der Waals surface area contributed by atoms with Crippen LogP contribution in [-0.2, 0) is 16.4 Å². The van der Waals surface area contributed by atoms with Gasteiger partial charge < -0.3 is 10.6 Å². The second-order valence-corrected chi connectivity index (χ2v) is 8.93. The standard InChI is InChI=1S/C16H25N3O3S/c1-5-23(21,22)19-10-6-7-12-11-13(8-9-14(12)19)17-15(20)18-16(2,3)4/h8-9,11H,5-7,10H2,1-4H3,(H2,17,18,20). The molecule has 7 heteroatoms. The predicted octanol–water partition coefficient (Wildman–Crippen LogP) is 2.71. The first-order valence-corrected chi connectivity index (χ1v) is 9.46. The maximum absolute atomic E-state index is 12.2. The van der Waals surface area contributed by atoms with Gasteiger partial charge in [-0.2, -0.15) is 0 Å². The number of benzene rings is 1. The lowest BCUT2D eigenvalue weighted by molar-refractivity contribution is 0.244. The molecule has 0 fully saturated rings. The van der Waals surface area contributed by atoms with Gasteiger partial charge in [0.15, 0.2) is 0 Å². The van der Waals surface area contributed by atoms with Gasteiger partial charge in [0.1, 0.15) is 0 Å². The van der Waals surface area contributed by atoms with Crippen molar-refractivity contribution in [1.82, 2.24) is 5.32 Å². The lowest BCUT2D eigenvalue weighted by Gasteiger charge is -2.30. The minimum atomic E-state index is -3.26. The number of amides is 2. The van der Waals surface area contributed by atoms with Gasteiger partial charge in [-0.15, -0.1) is 0 Å². The molecule has 1 aliphatic rings. The van der Waals surface area contributed by atoms with Crippen molar-refractivity contribution in [3.05, 3.63) is 23.8 Å². The molecule has 23 heavy (non-hydrogen) atoms. The van der Waals surface area contributed by atoms with Crippen LogP contribution in [0.1, 0.15) is 39.7 Å². The molecule has 0 aliphatic carbocycles. The third kappa shape index (κ3) is 4.37. The first-order valence-electron chi connectivity index (χ1n) is 7.85. The van der Waals surface area contributed by atoms with Crippen LogP contribution >= 0.6 is 0 Å². The monoisotopic (exact) mass is 339 g/mol. The van der Waals surface area contributed by atoms with Crippen LogP contribution < -0.4 is 14.9 Å². The Bertz CT molecular complexity index is 693. The lowest BCUT2D eigenvalue weighted by atomic mass is 10.0. The summed E-state index contributed by atoms with van der Waals surface area (Å²) in [4.78, 5) is 11.9. The highest BCUT2D eigenvalue weighted by atomic mass is 32.2. The number of hydrogen-bond acceptors (Lipinski definition) is 3. The zero-order valence-electron chi connectivity index (χ0n) is 14.1. The Balaban J connectivity index is 2.21. The molecule has 0 bridgehead atoms. The molecule has 2 N–H and O–H groups in total. The molecule has 0 aromatic heterocycles. The average Bonchev–Trinajstić information content (AvgIpc) is 2.44. The topological polar surface area (TPSA) is 78.5 Å². The van der Waals surface area contributed by atoms with E-state index in [-0.39, 0.29) is 17.3 Å². The van der Waals surface area contributed by atoms with Crippen molar-refractivity contribution >= 4 is 27.4 Å². The summed E-state index contributed by atoms with van der Waals surface area (Å²) in [5, 5.41) is 5.63. The van der Waals surface area contributed by atoms with Gasteiger partial charge in [0.25, 0.3) is 0 Å². The van der Waals surface area contributed by atoms with Crippen LogP contribution in [0.15, 0.2) is 18.2 Å². The van der Waals surface area contributed by atoms with Gasteiger partial charge in [-0.1, -0.05) is 0 Å². The summed E-state index contributed by atoms with van der Waals surface area (Å²) >= 11 is 0. The van der Waals surface area contributed by atoms with Crippen LogP contribution in [0.2, 0.25) is 0 Å². The lowest BCUT2D eigenvalue weighted by Crippen LogP contribution is -2.43. The van der Waals surface area contributed by atoms with Gasteiger partial charge in [0.2, 0.25) is 10.0 Å². The molecular formula is C16H25N3O3S. The summed E-state index contributed by atoms with van der Waals surface area (Å²) in [5.74, 6) is 0.0838. The number of fused-ring (bicyclic) bond motifs is 1. The summed E-state index contributed by atoms with van der Waals surface area (Å²) in [6.07, 6.45) is 1.59. The van der Waals surface area contributed by atoms with E-state index in [0.29, 0.717) is 12.2 Å². The number of carbonyl (C=O) groups is 1. The highest BCUT2D eigenvalue weighted by Crippen LogP contribution is 2.31. The summed E-state index contributed by atoms with van der Waals surface area (Å²) in [7, 11) is -3.26. The fourth-order valence-electron chi connectivity index (χ4n) is 2.59. The first-order chi connectivity index (χ1) is 10.6. The van der Waals surface area contributed by atoms with Gasteiger partial charge in [-0.3, -0.25) is 4.31 Å². The molecule has 0 radical (unpaired) electrons. The average molecular weight is 339 g/mol. The Hall–Kier alpha value is -1.76. The molecule has 1 heterocycles. The summed E-state index contributed by atoms with van der Waals surface area (Å²) in [6, 6.07) is 5.10. The van der Waals surface area contributed by atoms with E-state index in [1.54, 1.807) is 19.1 Å². The molecule has 0 unspecified atom stereocenters. The molecule has 2 amide bonds. The van der Waals surface area contributed by atoms with Crippen molar-refractivity contribution < 1.29 is 13.2 Å². The zero-order chi connectivity index (χ0) is 17.3. The number of hydrogen-bond donors (Lipinski definition) is 2. The number of aryl methyl sites for hydroxylation is 1. The van der Waals surface area contributed by atoms with Gasteiger partial charge in [0, 0.05) is 17.8 Å². The Morgan fingerprint density at radius 2 is 2.00 bits per heavy atom. The van der Waals surface area contributed by atoms with Gasteiger partial charge >= 0.3 is 6.03 Å². The number of carbonyl (C=O) groups excluding carboxylic acids is 1. The minimum Gasteiger partial charge on any atom is -0.333 e. The molecule has 0 spiro atoms. The van der Waals surface area contributed by atoms with Crippen molar-refractivity contribution in [3.8, 4) is 0 Å². The minimum absolute atomic E-state index is 0.0838. The van der Waals surface area contributed by atoms with E-state index in [4.69, 9.17) is 0 Å². The van der Waals surface area contributed by atoms with Crippen LogP contribution in [0.3, 0.4) is 0 Å². The van der Waals surface area contributed by atoms with Crippen LogP contribution in [-0.4, -0.2) is 32.3 Å². The molecule has 1 aromatic carbocycles. The van der Waals surface area contributed by atoms with Gasteiger partial charge in [-0.05, 0) is 64.3 Å². The fourth-order valence-corrected chi connectivity index (χ4v) is 3.78. The zero-order valence-corrected chi connectivity index (χ0v) is 15.0. The third-order valence-electron chi connectivity index (χ3n) is 3.60. The molecule has 0 saturated carbocycles. The third-order valence-corrected chi connectivity index (χ3v) is 5.38. The van der Waals surface area contributed by atoms with Crippen LogP contribution in [0.25, 0.3) is 0 Å². The second kappa shape index (κ2) is 6.39. The number of rotatable bonds is 3. The Morgan fingerprint density at radius 1 is 1.30 bits per heavy atom. The largest absolute Gasteiger partial charge is 0.333 e. The quantitative estimate of drug-likeness (QED) is 0.889. The van der Waals surface area contributed by atoms with E-state index < -0.39 is 10.0 Å². The maximum Gasteiger partial charge on any atom is 0.319 e. The molecule has 1 aliphatic heterocycles. The fraction of sp³-hybridized carbons (Fsp3) is 0.562. The molecule has 6 nitrogen and oxygen atoms in total. The normalized spacial score (nSPS) is 15.0. The Labute approximate surface area is 138 Å².